The van der Waals surface area contributed by atoms with Gasteiger partial charge in [-0.2, -0.15) is 0 Å². The molecule has 0 spiro atoms. The van der Waals surface area contributed by atoms with Gasteiger partial charge in [0.2, 0.25) is 0 Å². The Morgan fingerprint density at radius 1 is 1.57 bits per heavy atom. The highest BCUT2D eigenvalue weighted by Crippen LogP contribution is 2.14. The van der Waals surface area contributed by atoms with Crippen LogP contribution in [0.2, 0.25) is 5.82 Å². The van der Waals surface area contributed by atoms with Gasteiger partial charge in [0.25, 0.3) is 0 Å². The molecule has 0 heterocycles. The summed E-state index contributed by atoms with van der Waals surface area (Å²) in [6.45, 7) is 3.31. The first kappa shape index (κ1) is 6.92. The molecule has 0 aliphatic heterocycles. The normalized spacial score (nSPS) is 13.7. The van der Waals surface area contributed by atoms with Gasteiger partial charge in [0, 0.05) is 0 Å². The summed E-state index contributed by atoms with van der Waals surface area (Å²) in [7, 11) is -2.13. The second-order valence-corrected chi connectivity index (χ2v) is 1.72. The van der Waals surface area contributed by atoms with Crippen LogP contribution in [0.1, 0.15) is 20.3 Å². The SMILES string of the molecule is CCC(C)B(F)F. The number of hydrogen-bond acceptors (Lipinski definition) is 0. The molecule has 0 aliphatic rings. The lowest BCUT2D eigenvalue weighted by Crippen LogP contribution is -2.03. The monoisotopic (exact) mass is 106 g/mol. The van der Waals surface area contributed by atoms with Crippen LogP contribution in [0.5, 0.6) is 0 Å². The molecular weight excluding hydrogens is 96.9 g/mol. The van der Waals surface area contributed by atoms with E-state index in [0.717, 1.165) is 0 Å². The van der Waals surface area contributed by atoms with Gasteiger partial charge >= 0.3 is 7.27 Å². The Morgan fingerprint density at radius 2 is 2.00 bits per heavy atom. The Hall–Kier alpha value is -0.0751. The lowest BCUT2D eigenvalue weighted by Gasteiger charge is -1.98. The second-order valence-electron chi connectivity index (χ2n) is 1.72. The van der Waals surface area contributed by atoms with Crippen LogP contribution in [0.3, 0.4) is 0 Å². The van der Waals surface area contributed by atoms with Crippen molar-refractivity contribution in [2.45, 2.75) is 26.1 Å². The molecule has 0 fully saturated rings. The summed E-state index contributed by atoms with van der Waals surface area (Å²) >= 11 is 0. The molecule has 0 saturated heterocycles. The Balaban J connectivity index is 3.14. The van der Waals surface area contributed by atoms with Crippen molar-refractivity contribution in [3.8, 4) is 0 Å². The number of halogens is 2. The smallest absolute Gasteiger partial charge is 0.287 e. The van der Waals surface area contributed by atoms with Crippen LogP contribution in [0.4, 0.5) is 8.63 Å². The number of hydrogen-bond donors (Lipinski definition) is 0. The van der Waals surface area contributed by atoms with Gasteiger partial charge in [0.1, 0.15) is 0 Å². The second kappa shape index (κ2) is 3.00. The third kappa shape index (κ3) is 2.60. The quantitative estimate of drug-likeness (QED) is 0.473. The van der Waals surface area contributed by atoms with Gasteiger partial charge in [-0.25, -0.2) is 0 Å². The van der Waals surface area contributed by atoms with E-state index in [1.807, 2.05) is 0 Å². The minimum Gasteiger partial charge on any atom is -0.287 e. The third-order valence-electron chi connectivity index (χ3n) is 1.07. The summed E-state index contributed by atoms with van der Waals surface area (Å²) in [5.41, 5.74) is 0. The molecule has 0 aromatic rings. The van der Waals surface area contributed by atoms with Crippen LogP contribution in [-0.4, -0.2) is 7.27 Å². The summed E-state index contributed by atoms with van der Waals surface area (Å²) in [6.07, 6.45) is 0.567. The molecule has 0 aliphatic carbocycles. The molecule has 0 N–H and O–H groups in total. The molecule has 42 valence electrons. The highest BCUT2D eigenvalue weighted by Gasteiger charge is 2.19. The van der Waals surface area contributed by atoms with Gasteiger partial charge in [-0.3, -0.25) is 8.63 Å². The molecule has 1 unspecified atom stereocenters. The fourth-order valence-electron chi connectivity index (χ4n) is 0.178. The van der Waals surface area contributed by atoms with Gasteiger partial charge in [0.15, 0.2) is 0 Å². The maximum absolute atomic E-state index is 11.4. The van der Waals surface area contributed by atoms with E-state index in [0.29, 0.717) is 6.42 Å². The summed E-state index contributed by atoms with van der Waals surface area (Å²) in [5, 5.41) is 0. The highest BCUT2D eigenvalue weighted by molar-refractivity contribution is 6.44. The predicted molar refractivity (Wildman–Crippen MR) is 27.7 cm³/mol. The molecule has 0 rings (SSSR count). The predicted octanol–water partition coefficient (Wildman–Crippen LogP) is 2.21. The average molecular weight is 106 g/mol. The maximum atomic E-state index is 11.4. The van der Waals surface area contributed by atoms with E-state index in [1.54, 1.807) is 13.8 Å². The lowest BCUT2D eigenvalue weighted by atomic mass is 9.78. The van der Waals surface area contributed by atoms with Crippen molar-refractivity contribution in [1.82, 2.24) is 0 Å². The molecule has 0 radical (unpaired) electrons. The van der Waals surface area contributed by atoms with Crippen molar-refractivity contribution < 1.29 is 8.63 Å². The van der Waals surface area contributed by atoms with Crippen LogP contribution in [0, 0.1) is 0 Å². The van der Waals surface area contributed by atoms with E-state index < -0.39 is 13.1 Å². The Kier molecular flexibility index (Phi) is 2.96. The zero-order valence-electron chi connectivity index (χ0n) is 4.62. The van der Waals surface area contributed by atoms with E-state index in [9.17, 15) is 8.63 Å². The van der Waals surface area contributed by atoms with Crippen molar-refractivity contribution in [2.75, 3.05) is 0 Å². The molecule has 0 aromatic heterocycles. The zero-order chi connectivity index (χ0) is 5.86. The van der Waals surface area contributed by atoms with E-state index in [-0.39, 0.29) is 0 Å². The molecule has 0 bridgehead atoms. The minimum absolute atomic E-state index is 0.431. The standard InChI is InChI=1S/C4H9BF2/c1-3-4(2)5(6)7/h4H,3H2,1-2H3. The van der Waals surface area contributed by atoms with E-state index >= 15 is 0 Å². The van der Waals surface area contributed by atoms with Crippen molar-refractivity contribution in [3.05, 3.63) is 0 Å². The van der Waals surface area contributed by atoms with Crippen molar-refractivity contribution in [2.24, 2.45) is 0 Å². The minimum atomic E-state index is -2.13. The molecular formula is C4H9BF2. The van der Waals surface area contributed by atoms with Crippen molar-refractivity contribution in [3.63, 3.8) is 0 Å². The first-order chi connectivity index (χ1) is 3.18. The van der Waals surface area contributed by atoms with Crippen molar-refractivity contribution >= 4 is 7.27 Å². The summed E-state index contributed by atoms with van der Waals surface area (Å²) in [6, 6.07) is 0. The number of rotatable bonds is 2. The Labute approximate surface area is 43.1 Å². The molecule has 7 heavy (non-hydrogen) atoms. The molecule has 0 amide bonds. The Morgan fingerprint density at radius 3 is 2.00 bits per heavy atom. The summed E-state index contributed by atoms with van der Waals surface area (Å²) in [4.78, 5) is 0. The van der Waals surface area contributed by atoms with Crippen LogP contribution in [0.25, 0.3) is 0 Å². The largest absolute Gasteiger partial charge is 0.540 e. The van der Waals surface area contributed by atoms with E-state index in [4.69, 9.17) is 0 Å². The Bertz CT molecular complexity index is 47.0. The van der Waals surface area contributed by atoms with Gasteiger partial charge in [0.05, 0.1) is 0 Å². The van der Waals surface area contributed by atoms with Crippen LogP contribution in [-0.2, 0) is 0 Å². The lowest BCUT2D eigenvalue weighted by molar-refractivity contribution is 0.604. The van der Waals surface area contributed by atoms with E-state index in [2.05, 4.69) is 0 Å². The van der Waals surface area contributed by atoms with Gasteiger partial charge in [-0.1, -0.05) is 20.3 Å². The van der Waals surface area contributed by atoms with E-state index in [1.165, 1.54) is 0 Å². The molecule has 1 atom stereocenters. The summed E-state index contributed by atoms with van der Waals surface area (Å²) < 4.78 is 22.9. The average Bonchev–Trinajstić information content (AvgIpc) is 1.65. The molecule has 0 aromatic carbocycles. The third-order valence-corrected chi connectivity index (χ3v) is 1.07. The fourth-order valence-corrected chi connectivity index (χ4v) is 0.178. The van der Waals surface area contributed by atoms with Crippen LogP contribution >= 0.6 is 0 Å². The topological polar surface area (TPSA) is 0 Å². The zero-order valence-corrected chi connectivity index (χ0v) is 4.62. The van der Waals surface area contributed by atoms with Crippen LogP contribution in [0.15, 0.2) is 0 Å². The van der Waals surface area contributed by atoms with Gasteiger partial charge < -0.3 is 0 Å². The molecule has 0 nitrogen and oxygen atoms in total. The summed E-state index contributed by atoms with van der Waals surface area (Å²) in [5.74, 6) is -0.431. The fraction of sp³-hybridized carbons (Fsp3) is 1.00. The highest BCUT2D eigenvalue weighted by atomic mass is 19.2. The van der Waals surface area contributed by atoms with Gasteiger partial charge in [-0.15, -0.1) is 0 Å². The first-order valence-corrected chi connectivity index (χ1v) is 2.46. The van der Waals surface area contributed by atoms with Crippen molar-refractivity contribution in [1.29, 1.82) is 0 Å². The molecule has 0 saturated carbocycles. The van der Waals surface area contributed by atoms with Gasteiger partial charge in [-0.05, 0) is 5.82 Å². The maximum Gasteiger partial charge on any atom is 0.540 e. The molecule has 3 heteroatoms. The first-order valence-electron chi connectivity index (χ1n) is 2.46. The van der Waals surface area contributed by atoms with Crippen LogP contribution < -0.4 is 0 Å².